The van der Waals surface area contributed by atoms with Gasteiger partial charge in [0.15, 0.2) is 0 Å². The highest BCUT2D eigenvalue weighted by molar-refractivity contribution is 7.09. The molecule has 2 nitrogen and oxygen atoms in total. The minimum Gasteiger partial charge on any atom is -0.308 e. The van der Waals surface area contributed by atoms with E-state index in [1.165, 1.54) is 42.8 Å². The van der Waals surface area contributed by atoms with Crippen LogP contribution in [0.4, 0.5) is 0 Å². The molecule has 0 aromatic carbocycles. The summed E-state index contributed by atoms with van der Waals surface area (Å²) < 4.78 is 0. The molecule has 19 heavy (non-hydrogen) atoms. The van der Waals surface area contributed by atoms with E-state index >= 15 is 0 Å². The molecule has 1 saturated carbocycles. The summed E-state index contributed by atoms with van der Waals surface area (Å²) in [7, 11) is 0. The SMILES string of the molecule is CCCNC(c1nc(C(C)(C)C)cs1)C1CCCC1. The molecule has 1 aromatic heterocycles. The third-order valence-electron chi connectivity index (χ3n) is 4.04. The van der Waals surface area contributed by atoms with Crippen LogP contribution in [-0.2, 0) is 5.41 Å². The van der Waals surface area contributed by atoms with Gasteiger partial charge in [0, 0.05) is 10.8 Å². The Morgan fingerprint density at radius 3 is 2.58 bits per heavy atom. The van der Waals surface area contributed by atoms with Crippen LogP contribution >= 0.6 is 11.3 Å². The fourth-order valence-corrected chi connectivity index (χ4v) is 4.03. The molecule has 1 aliphatic rings. The molecule has 0 amide bonds. The lowest BCUT2D eigenvalue weighted by Crippen LogP contribution is -2.28. The molecular formula is C16H28N2S. The molecule has 108 valence electrons. The zero-order valence-electron chi connectivity index (χ0n) is 12.8. The highest BCUT2D eigenvalue weighted by Gasteiger charge is 2.29. The molecule has 1 heterocycles. The van der Waals surface area contributed by atoms with Crippen LogP contribution in [0.2, 0.25) is 0 Å². The monoisotopic (exact) mass is 280 g/mol. The van der Waals surface area contributed by atoms with Crippen LogP contribution in [0.15, 0.2) is 5.38 Å². The molecule has 0 spiro atoms. The Morgan fingerprint density at radius 1 is 1.37 bits per heavy atom. The molecule has 0 saturated heterocycles. The summed E-state index contributed by atoms with van der Waals surface area (Å²) in [5.74, 6) is 0.797. The van der Waals surface area contributed by atoms with Gasteiger partial charge in [-0.15, -0.1) is 11.3 Å². The molecule has 1 N–H and O–H groups in total. The molecule has 1 atom stereocenters. The Hall–Kier alpha value is -0.410. The highest BCUT2D eigenvalue weighted by atomic mass is 32.1. The fourth-order valence-electron chi connectivity index (χ4n) is 2.82. The maximum Gasteiger partial charge on any atom is 0.110 e. The van der Waals surface area contributed by atoms with Crippen molar-refractivity contribution < 1.29 is 0 Å². The number of hydrogen-bond donors (Lipinski definition) is 1. The molecule has 0 aliphatic heterocycles. The number of thiazole rings is 1. The molecule has 1 unspecified atom stereocenters. The Labute approximate surface area is 122 Å². The minimum atomic E-state index is 0.166. The third-order valence-corrected chi connectivity index (χ3v) is 4.97. The van der Waals surface area contributed by atoms with Crippen LogP contribution in [0.5, 0.6) is 0 Å². The van der Waals surface area contributed by atoms with Crippen molar-refractivity contribution in [2.24, 2.45) is 5.92 Å². The largest absolute Gasteiger partial charge is 0.308 e. The van der Waals surface area contributed by atoms with Gasteiger partial charge >= 0.3 is 0 Å². The van der Waals surface area contributed by atoms with Crippen molar-refractivity contribution >= 4 is 11.3 Å². The second-order valence-corrected chi connectivity index (χ2v) is 7.69. The maximum atomic E-state index is 4.94. The summed E-state index contributed by atoms with van der Waals surface area (Å²) in [5.41, 5.74) is 1.41. The van der Waals surface area contributed by atoms with Crippen molar-refractivity contribution in [3.8, 4) is 0 Å². The number of hydrogen-bond acceptors (Lipinski definition) is 3. The van der Waals surface area contributed by atoms with Gasteiger partial charge in [0.05, 0.1) is 11.7 Å². The first-order valence-corrected chi connectivity index (χ1v) is 8.59. The predicted octanol–water partition coefficient (Wildman–Crippen LogP) is 4.67. The van der Waals surface area contributed by atoms with E-state index in [2.05, 4.69) is 38.4 Å². The maximum absolute atomic E-state index is 4.94. The summed E-state index contributed by atoms with van der Waals surface area (Å²) >= 11 is 1.85. The molecule has 0 bridgehead atoms. The van der Waals surface area contributed by atoms with Crippen LogP contribution in [0.25, 0.3) is 0 Å². The topological polar surface area (TPSA) is 24.9 Å². The summed E-state index contributed by atoms with van der Waals surface area (Å²) in [6, 6.07) is 0.489. The molecule has 1 aromatic rings. The molecular weight excluding hydrogens is 252 g/mol. The Morgan fingerprint density at radius 2 is 2.05 bits per heavy atom. The first-order chi connectivity index (χ1) is 9.02. The molecule has 1 aliphatic carbocycles. The van der Waals surface area contributed by atoms with Crippen molar-refractivity contribution in [1.82, 2.24) is 10.3 Å². The lowest BCUT2D eigenvalue weighted by atomic mass is 9.93. The van der Waals surface area contributed by atoms with E-state index in [0.717, 1.165) is 12.5 Å². The smallest absolute Gasteiger partial charge is 0.110 e. The third kappa shape index (κ3) is 3.79. The van der Waals surface area contributed by atoms with E-state index in [0.29, 0.717) is 6.04 Å². The van der Waals surface area contributed by atoms with E-state index in [1.807, 2.05) is 11.3 Å². The Bertz CT molecular complexity index is 386. The van der Waals surface area contributed by atoms with E-state index in [4.69, 9.17) is 4.98 Å². The summed E-state index contributed by atoms with van der Waals surface area (Å²) in [6.45, 7) is 10.1. The van der Waals surface area contributed by atoms with E-state index in [1.54, 1.807) is 0 Å². The minimum absolute atomic E-state index is 0.166. The van der Waals surface area contributed by atoms with Crippen LogP contribution < -0.4 is 5.32 Å². The average molecular weight is 280 g/mol. The van der Waals surface area contributed by atoms with Gasteiger partial charge in [0.1, 0.15) is 5.01 Å². The zero-order valence-corrected chi connectivity index (χ0v) is 13.6. The van der Waals surface area contributed by atoms with Gasteiger partial charge in [0.25, 0.3) is 0 Å². The molecule has 3 heteroatoms. The zero-order chi connectivity index (χ0) is 13.9. The quantitative estimate of drug-likeness (QED) is 0.847. The number of nitrogens with one attached hydrogen (secondary N) is 1. The van der Waals surface area contributed by atoms with Crippen molar-refractivity contribution in [2.45, 2.75) is 71.3 Å². The van der Waals surface area contributed by atoms with E-state index in [9.17, 15) is 0 Å². The van der Waals surface area contributed by atoms with Crippen molar-refractivity contribution in [3.63, 3.8) is 0 Å². The number of rotatable bonds is 5. The lowest BCUT2D eigenvalue weighted by Gasteiger charge is -2.23. The Kier molecular flexibility index (Phi) is 5.02. The van der Waals surface area contributed by atoms with Gasteiger partial charge in [-0.1, -0.05) is 40.5 Å². The van der Waals surface area contributed by atoms with Crippen molar-refractivity contribution in [2.75, 3.05) is 6.54 Å². The molecule has 2 rings (SSSR count). The first-order valence-electron chi connectivity index (χ1n) is 7.71. The average Bonchev–Trinajstić information content (AvgIpc) is 2.99. The predicted molar refractivity (Wildman–Crippen MR) is 83.8 cm³/mol. The first kappa shape index (κ1) is 15.0. The van der Waals surface area contributed by atoms with Crippen LogP contribution in [0.3, 0.4) is 0 Å². The van der Waals surface area contributed by atoms with Gasteiger partial charge in [-0.2, -0.15) is 0 Å². The molecule has 1 fully saturated rings. The van der Waals surface area contributed by atoms with Crippen LogP contribution in [0, 0.1) is 5.92 Å². The van der Waals surface area contributed by atoms with Crippen molar-refractivity contribution in [1.29, 1.82) is 0 Å². The van der Waals surface area contributed by atoms with Gasteiger partial charge in [-0.3, -0.25) is 0 Å². The van der Waals surface area contributed by atoms with Gasteiger partial charge in [-0.25, -0.2) is 4.98 Å². The summed E-state index contributed by atoms with van der Waals surface area (Å²) in [5, 5.41) is 7.31. The summed E-state index contributed by atoms with van der Waals surface area (Å²) in [4.78, 5) is 4.94. The van der Waals surface area contributed by atoms with E-state index in [-0.39, 0.29) is 5.41 Å². The second-order valence-electron chi connectivity index (χ2n) is 6.80. The number of aromatic nitrogens is 1. The summed E-state index contributed by atoms with van der Waals surface area (Å²) in [6.07, 6.45) is 6.72. The normalized spacial score (nSPS) is 18.9. The Balaban J connectivity index is 2.14. The fraction of sp³-hybridized carbons (Fsp3) is 0.812. The van der Waals surface area contributed by atoms with Gasteiger partial charge < -0.3 is 5.32 Å². The second kappa shape index (κ2) is 6.36. The van der Waals surface area contributed by atoms with E-state index < -0.39 is 0 Å². The molecule has 0 radical (unpaired) electrons. The lowest BCUT2D eigenvalue weighted by molar-refractivity contribution is 0.366. The highest BCUT2D eigenvalue weighted by Crippen LogP contribution is 2.37. The van der Waals surface area contributed by atoms with Gasteiger partial charge in [0.2, 0.25) is 0 Å². The standard InChI is InChI=1S/C16H28N2S/c1-5-10-17-14(12-8-6-7-9-12)15-18-13(11-19-15)16(2,3)4/h11-12,14,17H,5-10H2,1-4H3. The van der Waals surface area contributed by atoms with Gasteiger partial charge in [-0.05, 0) is 31.7 Å². The van der Waals surface area contributed by atoms with Crippen LogP contribution in [-0.4, -0.2) is 11.5 Å². The number of nitrogens with zero attached hydrogens (tertiary/aromatic N) is 1. The van der Waals surface area contributed by atoms with Crippen LogP contribution in [0.1, 0.15) is 76.5 Å². The van der Waals surface area contributed by atoms with Crippen molar-refractivity contribution in [3.05, 3.63) is 16.1 Å².